The molecule has 386 valence electrons. The van der Waals surface area contributed by atoms with Crippen molar-refractivity contribution in [1.82, 2.24) is 29.9 Å². The highest BCUT2D eigenvalue weighted by atomic mass is 16.5. The third-order valence-corrected chi connectivity index (χ3v) is 12.4. The van der Waals surface area contributed by atoms with E-state index in [4.69, 9.17) is 28.4 Å². The smallest absolute Gasteiger partial charge is 0.159 e. The zero-order valence-electron chi connectivity index (χ0n) is 43.3. The Morgan fingerprint density at radius 1 is 0.236 bits per heavy atom. The summed E-state index contributed by atoms with van der Waals surface area (Å²) in [6.45, 7) is 8.62. The van der Waals surface area contributed by atoms with Gasteiger partial charge in [-0.15, -0.1) is 0 Å². The molecular weight excluding hydrogens is 901 g/mol. The Bertz CT molecular complexity index is 2120. The Kier molecular flexibility index (Phi) is 26.1. The van der Waals surface area contributed by atoms with Gasteiger partial charge in [0.15, 0.2) is 34.7 Å². The van der Waals surface area contributed by atoms with E-state index in [9.17, 15) is 0 Å². The molecule has 12 nitrogen and oxygen atoms in total. The molecule has 0 radical (unpaired) electrons. The normalized spacial score (nSPS) is 11.1. The van der Waals surface area contributed by atoms with E-state index >= 15 is 0 Å². The summed E-state index contributed by atoms with van der Waals surface area (Å²) in [6, 6.07) is 23.9. The topological polar surface area (TPSA) is 133 Å². The molecule has 0 aliphatic rings. The minimum absolute atomic E-state index is 0.636. The summed E-state index contributed by atoms with van der Waals surface area (Å²) in [7, 11) is 0. The van der Waals surface area contributed by atoms with E-state index in [1.807, 2.05) is 72.8 Å². The van der Waals surface area contributed by atoms with Gasteiger partial charge in [0.1, 0.15) is 17.2 Å². The average molecular weight is 981 g/mol. The van der Waals surface area contributed by atoms with Gasteiger partial charge < -0.3 is 28.4 Å². The van der Waals surface area contributed by atoms with Crippen LogP contribution in [0.4, 0.5) is 0 Å². The molecule has 0 saturated carbocycles. The third-order valence-electron chi connectivity index (χ3n) is 12.4. The molecule has 0 aliphatic heterocycles. The second-order valence-electron chi connectivity index (χ2n) is 18.5. The van der Waals surface area contributed by atoms with E-state index in [-0.39, 0.29) is 0 Å². The van der Waals surface area contributed by atoms with Gasteiger partial charge in [-0.1, -0.05) is 117 Å². The van der Waals surface area contributed by atoms with Crippen LogP contribution in [-0.2, 0) is 0 Å². The van der Waals surface area contributed by atoms with Crippen LogP contribution in [0.5, 0.6) is 34.5 Å². The number of ether oxygens (including phenoxy) is 6. The number of rotatable bonds is 39. The quantitative estimate of drug-likeness (QED) is 0.0340. The molecular formula is C60H80N6O6. The lowest BCUT2D eigenvalue weighted by Gasteiger charge is -2.09. The van der Waals surface area contributed by atoms with E-state index in [0.29, 0.717) is 62.0 Å². The van der Waals surface area contributed by atoms with Gasteiger partial charge in [-0.25, -0.2) is 29.9 Å². The molecule has 3 aromatic heterocycles. The second kappa shape index (κ2) is 34.1. The van der Waals surface area contributed by atoms with Crippen LogP contribution in [0, 0.1) is 0 Å². The second-order valence-corrected chi connectivity index (χ2v) is 18.5. The summed E-state index contributed by atoms with van der Waals surface area (Å²) in [6.07, 6.45) is 36.2. The first kappa shape index (κ1) is 55.0. The number of nitrogens with zero attached hydrogens (tertiary/aromatic N) is 6. The van der Waals surface area contributed by atoms with Gasteiger partial charge >= 0.3 is 0 Å². The third kappa shape index (κ3) is 21.6. The van der Waals surface area contributed by atoms with Crippen LogP contribution < -0.4 is 28.4 Å². The maximum atomic E-state index is 6.01. The molecule has 0 unspecified atom stereocenters. The van der Waals surface area contributed by atoms with Crippen molar-refractivity contribution in [2.24, 2.45) is 0 Å². The summed E-state index contributed by atoms with van der Waals surface area (Å²) >= 11 is 0. The van der Waals surface area contributed by atoms with Crippen molar-refractivity contribution in [1.29, 1.82) is 0 Å². The zero-order chi connectivity index (χ0) is 49.9. The van der Waals surface area contributed by atoms with Crippen molar-refractivity contribution in [3.8, 4) is 68.7 Å². The van der Waals surface area contributed by atoms with E-state index in [0.717, 1.165) is 123 Å². The predicted octanol–water partition coefficient (Wildman–Crippen LogP) is 15.4. The zero-order valence-corrected chi connectivity index (χ0v) is 43.3. The van der Waals surface area contributed by atoms with Gasteiger partial charge in [-0.3, -0.25) is 0 Å². The van der Waals surface area contributed by atoms with Gasteiger partial charge in [0, 0.05) is 16.7 Å². The van der Waals surface area contributed by atoms with Crippen molar-refractivity contribution in [2.45, 2.75) is 155 Å². The molecule has 0 spiro atoms. The van der Waals surface area contributed by atoms with Crippen molar-refractivity contribution in [3.63, 3.8) is 0 Å². The lowest BCUT2D eigenvalue weighted by molar-refractivity contribution is 0.291. The summed E-state index contributed by atoms with van der Waals surface area (Å²) in [4.78, 5) is 27.1. The molecule has 72 heavy (non-hydrogen) atoms. The predicted molar refractivity (Wildman–Crippen MR) is 288 cm³/mol. The van der Waals surface area contributed by atoms with Crippen LogP contribution >= 0.6 is 0 Å². The number of unbranched alkanes of at least 4 members (excludes halogenated alkanes) is 18. The minimum atomic E-state index is 0.636. The molecule has 12 heteroatoms. The lowest BCUT2D eigenvalue weighted by atomic mass is 10.1. The van der Waals surface area contributed by atoms with Gasteiger partial charge in [0.2, 0.25) is 0 Å². The van der Waals surface area contributed by atoms with Crippen molar-refractivity contribution < 1.29 is 28.4 Å². The number of hydrogen-bond acceptors (Lipinski definition) is 12. The monoisotopic (exact) mass is 981 g/mol. The highest BCUT2D eigenvalue weighted by molar-refractivity contribution is 5.58. The van der Waals surface area contributed by atoms with Gasteiger partial charge in [-0.05, 0) is 111 Å². The van der Waals surface area contributed by atoms with Crippen LogP contribution in [0.15, 0.2) is 110 Å². The van der Waals surface area contributed by atoms with Gasteiger partial charge in [-0.2, -0.15) is 0 Å². The molecule has 0 aliphatic carbocycles. The fourth-order valence-electron chi connectivity index (χ4n) is 8.09. The molecule has 0 atom stereocenters. The highest BCUT2D eigenvalue weighted by Gasteiger charge is 2.08. The van der Waals surface area contributed by atoms with E-state index < -0.39 is 0 Å². The molecule has 0 N–H and O–H groups in total. The number of aromatic nitrogens is 6. The van der Waals surface area contributed by atoms with Crippen LogP contribution in [0.1, 0.15) is 155 Å². The van der Waals surface area contributed by atoms with E-state index in [1.165, 1.54) is 64.2 Å². The summed E-state index contributed by atoms with van der Waals surface area (Å²) in [5.74, 6) is 6.71. The van der Waals surface area contributed by atoms with Crippen molar-refractivity contribution >= 4 is 0 Å². The van der Waals surface area contributed by atoms with Crippen molar-refractivity contribution in [2.75, 3.05) is 39.6 Å². The molecule has 3 aromatic carbocycles. The molecule has 0 fully saturated rings. The molecule has 6 rings (SSSR count). The Labute approximate surface area is 430 Å². The highest BCUT2D eigenvalue weighted by Crippen LogP contribution is 2.24. The minimum Gasteiger partial charge on any atom is -0.494 e. The largest absolute Gasteiger partial charge is 0.494 e. The molecule has 0 saturated heterocycles. The number of benzene rings is 3. The fraction of sp³-hybridized carbons (Fsp3) is 0.500. The summed E-state index contributed by atoms with van der Waals surface area (Å²) in [5.41, 5.74) is 2.86. The standard InChI is InChI=1S/C60H80N6O6/c1-3-5-7-9-13-19-37-67-52-31-25-49(26-32-52)59-63-45-56(46-64-59)71-41-23-17-12-18-24-42-72-57-47-65-60(66-48-57)51-29-35-54(36-30-51)69-39-21-16-11-15-20-38-68-53-33-27-50(28-34-53)58-61-43-55(44-62-58)70-40-22-14-10-8-6-4-2/h25-36,43-48H,3-24,37-42H2,1-2H3. The van der Waals surface area contributed by atoms with Crippen LogP contribution in [0.25, 0.3) is 34.2 Å². The molecule has 3 heterocycles. The van der Waals surface area contributed by atoms with Gasteiger partial charge in [0.05, 0.1) is 76.8 Å². The van der Waals surface area contributed by atoms with Gasteiger partial charge in [0.25, 0.3) is 0 Å². The SMILES string of the molecule is CCCCCCCCOc1ccc(-c2ncc(OCCCCCCCOc3cnc(-c4ccc(OCCCCCCCOc5ccc(-c6ncc(OCCCCCCCC)cn6)cc5)cc4)nc3)cn2)cc1. The maximum absolute atomic E-state index is 6.01. The lowest BCUT2D eigenvalue weighted by Crippen LogP contribution is -2.01. The van der Waals surface area contributed by atoms with Crippen molar-refractivity contribution in [3.05, 3.63) is 110 Å². The molecule has 0 bridgehead atoms. The Hall–Kier alpha value is -6.30. The summed E-state index contributed by atoms with van der Waals surface area (Å²) < 4.78 is 35.6. The fourth-order valence-corrected chi connectivity index (χ4v) is 8.09. The molecule has 6 aromatic rings. The van der Waals surface area contributed by atoms with E-state index in [2.05, 4.69) is 43.8 Å². The summed E-state index contributed by atoms with van der Waals surface area (Å²) in [5, 5.41) is 0. The van der Waals surface area contributed by atoms with Crippen LogP contribution in [0.2, 0.25) is 0 Å². The molecule has 0 amide bonds. The first-order chi connectivity index (χ1) is 35.7. The van der Waals surface area contributed by atoms with E-state index in [1.54, 1.807) is 37.2 Å². The van der Waals surface area contributed by atoms with Crippen LogP contribution in [0.3, 0.4) is 0 Å². The first-order valence-corrected chi connectivity index (χ1v) is 27.2. The maximum Gasteiger partial charge on any atom is 0.159 e. The first-order valence-electron chi connectivity index (χ1n) is 27.2. The van der Waals surface area contributed by atoms with Crippen LogP contribution in [-0.4, -0.2) is 69.5 Å². The Balaban J connectivity index is 0.727. The average Bonchev–Trinajstić information content (AvgIpc) is 3.42. The number of hydrogen-bond donors (Lipinski definition) is 0. The Morgan fingerprint density at radius 2 is 0.431 bits per heavy atom. The Morgan fingerprint density at radius 3 is 0.653 bits per heavy atom.